The summed E-state index contributed by atoms with van der Waals surface area (Å²) in [6.07, 6.45) is 6.82. The molecule has 0 aromatic heterocycles. The van der Waals surface area contributed by atoms with Crippen LogP contribution < -0.4 is 0 Å². The van der Waals surface area contributed by atoms with E-state index < -0.39 is 17.9 Å². The molecule has 5 rings (SSSR count). The van der Waals surface area contributed by atoms with Crippen LogP contribution in [-0.2, 0) is 28.6 Å². The minimum Gasteiger partial charge on any atom is -0.456 e. The number of hydrogen-bond acceptors (Lipinski definition) is 6. The van der Waals surface area contributed by atoms with E-state index in [-0.39, 0.29) is 22.7 Å². The van der Waals surface area contributed by atoms with Crippen LogP contribution in [0.25, 0.3) is 0 Å². The van der Waals surface area contributed by atoms with Crippen LogP contribution in [0.1, 0.15) is 79.1 Å². The summed E-state index contributed by atoms with van der Waals surface area (Å²) in [4.78, 5) is 36.7. The van der Waals surface area contributed by atoms with E-state index in [4.69, 9.17) is 14.2 Å². The zero-order chi connectivity index (χ0) is 22.2. The predicted molar refractivity (Wildman–Crippen MR) is 112 cm³/mol. The number of fused-ring (bicyclic) bond motifs is 4. The van der Waals surface area contributed by atoms with Crippen LogP contribution >= 0.6 is 0 Å². The monoisotopic (exact) mass is 432 g/mol. The van der Waals surface area contributed by atoms with Crippen molar-refractivity contribution in [2.75, 3.05) is 6.61 Å². The van der Waals surface area contributed by atoms with Gasteiger partial charge < -0.3 is 14.2 Å². The molecule has 4 unspecified atom stereocenters. The topological polar surface area (TPSA) is 78.9 Å². The minimum absolute atomic E-state index is 0.0519. The largest absolute Gasteiger partial charge is 0.456 e. The molecule has 6 heteroatoms. The van der Waals surface area contributed by atoms with Crippen molar-refractivity contribution >= 4 is 17.7 Å². The first kappa shape index (κ1) is 21.4. The molecule has 6 nitrogen and oxygen atoms in total. The SMILES string of the molecule is CC[C@H]1C(=O)CC2C3CCC4C[C@@H](OC(C)=O)[C@@]5(OC(C)=O)C[C@]4(CO5)C3CC[C@@]21C. The summed E-state index contributed by atoms with van der Waals surface area (Å²) >= 11 is 0. The van der Waals surface area contributed by atoms with Crippen molar-refractivity contribution in [2.24, 2.45) is 40.4 Å². The number of carbonyl (C=O) groups excluding carboxylic acids is 3. The third kappa shape index (κ3) is 2.89. The first-order valence-electron chi connectivity index (χ1n) is 12.2. The van der Waals surface area contributed by atoms with Gasteiger partial charge in [0.2, 0.25) is 0 Å². The van der Waals surface area contributed by atoms with Crippen LogP contribution in [0.4, 0.5) is 0 Å². The quantitative estimate of drug-likeness (QED) is 0.626. The number of rotatable bonds is 3. The summed E-state index contributed by atoms with van der Waals surface area (Å²) in [5.74, 6) is 0.593. The number of Topliss-reactive ketones (excluding diaryl/α,β-unsaturated/α-hetero) is 1. The van der Waals surface area contributed by atoms with Gasteiger partial charge in [-0.05, 0) is 67.6 Å². The fourth-order valence-electron chi connectivity index (χ4n) is 9.00. The molecule has 5 fully saturated rings. The number of ketones is 1. The van der Waals surface area contributed by atoms with Gasteiger partial charge in [-0.15, -0.1) is 0 Å². The highest BCUT2D eigenvalue weighted by Crippen LogP contribution is 2.70. The third-order valence-electron chi connectivity index (χ3n) is 10.1. The van der Waals surface area contributed by atoms with Crippen LogP contribution in [0.2, 0.25) is 0 Å². The molecule has 0 amide bonds. The van der Waals surface area contributed by atoms with Crippen molar-refractivity contribution in [3.05, 3.63) is 0 Å². The highest BCUT2D eigenvalue weighted by atomic mass is 16.7. The van der Waals surface area contributed by atoms with Crippen LogP contribution in [0, 0.1) is 40.4 Å². The van der Waals surface area contributed by atoms with Crippen LogP contribution in [0.15, 0.2) is 0 Å². The zero-order valence-corrected chi connectivity index (χ0v) is 19.3. The Kier molecular flexibility index (Phi) is 4.86. The van der Waals surface area contributed by atoms with Gasteiger partial charge in [-0.3, -0.25) is 14.4 Å². The molecule has 1 spiro atoms. The van der Waals surface area contributed by atoms with Crippen LogP contribution in [0.5, 0.6) is 0 Å². The number of carbonyl (C=O) groups is 3. The summed E-state index contributed by atoms with van der Waals surface area (Å²) in [7, 11) is 0. The Balaban J connectivity index is 1.48. The second kappa shape index (κ2) is 7.03. The molecule has 0 N–H and O–H groups in total. The van der Waals surface area contributed by atoms with E-state index >= 15 is 0 Å². The van der Waals surface area contributed by atoms with Gasteiger partial charge >= 0.3 is 11.9 Å². The van der Waals surface area contributed by atoms with E-state index in [9.17, 15) is 14.4 Å². The van der Waals surface area contributed by atoms with Crippen molar-refractivity contribution in [3.63, 3.8) is 0 Å². The summed E-state index contributed by atoms with van der Waals surface area (Å²) < 4.78 is 17.7. The molecule has 4 saturated carbocycles. The smallest absolute Gasteiger partial charge is 0.305 e. The van der Waals surface area contributed by atoms with Crippen LogP contribution in [0.3, 0.4) is 0 Å². The Labute approximate surface area is 184 Å². The summed E-state index contributed by atoms with van der Waals surface area (Å²) in [6, 6.07) is 0. The minimum atomic E-state index is -1.16. The molecule has 4 aliphatic carbocycles. The standard InChI is InChI=1S/C25H36O6/c1-5-18-21(28)11-20-17-7-6-16-10-22(30-14(2)26)25(31-15(3)27)12-24(16,13-29-25)19(17)8-9-23(18,20)4/h16-20,22H,5-13H2,1-4H3/t16?,17?,18-,19?,20?,22+,23+,24+,25-/m0/s1. The zero-order valence-electron chi connectivity index (χ0n) is 19.3. The highest BCUT2D eigenvalue weighted by molar-refractivity contribution is 5.84. The normalized spacial score (nSPS) is 50.3. The number of hydrogen-bond donors (Lipinski definition) is 0. The summed E-state index contributed by atoms with van der Waals surface area (Å²) in [5, 5.41) is 0. The van der Waals surface area contributed by atoms with Crippen molar-refractivity contribution in [1.82, 2.24) is 0 Å². The van der Waals surface area contributed by atoms with Crippen LogP contribution in [-0.4, -0.2) is 36.2 Å². The van der Waals surface area contributed by atoms with Crippen molar-refractivity contribution < 1.29 is 28.6 Å². The Bertz CT molecular complexity index is 808. The molecule has 1 saturated heterocycles. The third-order valence-corrected chi connectivity index (χ3v) is 10.1. The molecule has 1 aliphatic heterocycles. The molecule has 9 atom stereocenters. The van der Waals surface area contributed by atoms with E-state index in [1.165, 1.54) is 13.8 Å². The predicted octanol–water partition coefficient (Wildman–Crippen LogP) is 4.05. The lowest BCUT2D eigenvalue weighted by Crippen LogP contribution is -2.59. The maximum Gasteiger partial charge on any atom is 0.305 e. The lowest BCUT2D eigenvalue weighted by molar-refractivity contribution is -0.264. The van der Waals surface area contributed by atoms with Gasteiger partial charge in [-0.25, -0.2) is 0 Å². The van der Waals surface area contributed by atoms with E-state index in [1.807, 2.05) is 0 Å². The van der Waals surface area contributed by atoms with E-state index in [2.05, 4.69) is 13.8 Å². The molecule has 31 heavy (non-hydrogen) atoms. The summed E-state index contributed by atoms with van der Waals surface area (Å²) in [5.41, 5.74) is 0.0710. The lowest BCUT2D eigenvalue weighted by atomic mass is 9.44. The number of esters is 2. The van der Waals surface area contributed by atoms with E-state index in [0.717, 1.165) is 38.5 Å². The second-order valence-corrected chi connectivity index (χ2v) is 11.3. The van der Waals surface area contributed by atoms with Crippen molar-refractivity contribution in [1.29, 1.82) is 0 Å². The maximum atomic E-state index is 12.9. The molecule has 0 aromatic rings. The number of ether oxygens (including phenoxy) is 3. The first-order chi connectivity index (χ1) is 14.6. The molecule has 0 radical (unpaired) electrons. The Morgan fingerprint density at radius 1 is 1.13 bits per heavy atom. The molecule has 172 valence electrons. The van der Waals surface area contributed by atoms with Gasteiger partial charge in [0.1, 0.15) is 5.78 Å². The van der Waals surface area contributed by atoms with Gasteiger partial charge in [0, 0.05) is 38.0 Å². The molecular weight excluding hydrogens is 396 g/mol. The highest BCUT2D eigenvalue weighted by Gasteiger charge is 2.71. The lowest BCUT2D eigenvalue weighted by Gasteiger charge is -2.60. The fourth-order valence-corrected chi connectivity index (χ4v) is 9.00. The molecule has 0 aromatic carbocycles. The van der Waals surface area contributed by atoms with E-state index in [1.54, 1.807) is 0 Å². The Morgan fingerprint density at radius 3 is 2.58 bits per heavy atom. The van der Waals surface area contributed by atoms with Gasteiger partial charge in [0.25, 0.3) is 5.79 Å². The fraction of sp³-hybridized carbons (Fsp3) is 0.880. The second-order valence-electron chi connectivity index (χ2n) is 11.3. The molecular formula is C25H36O6. The maximum absolute atomic E-state index is 12.9. The van der Waals surface area contributed by atoms with Crippen molar-refractivity contribution in [2.45, 2.75) is 91.0 Å². The average molecular weight is 433 g/mol. The van der Waals surface area contributed by atoms with Gasteiger partial charge in [0.05, 0.1) is 6.61 Å². The Hall–Kier alpha value is -1.43. The average Bonchev–Trinajstić information content (AvgIpc) is 3.14. The molecule has 5 aliphatic rings. The summed E-state index contributed by atoms with van der Waals surface area (Å²) in [6.45, 7) is 7.87. The molecule has 1 heterocycles. The van der Waals surface area contributed by atoms with Gasteiger partial charge in [0.15, 0.2) is 6.10 Å². The van der Waals surface area contributed by atoms with Crippen molar-refractivity contribution in [3.8, 4) is 0 Å². The van der Waals surface area contributed by atoms with Gasteiger partial charge in [-0.1, -0.05) is 13.8 Å². The van der Waals surface area contributed by atoms with Gasteiger partial charge in [-0.2, -0.15) is 0 Å². The molecule has 2 bridgehead atoms. The van der Waals surface area contributed by atoms with E-state index in [0.29, 0.717) is 48.9 Å². The first-order valence-corrected chi connectivity index (χ1v) is 12.2. The Morgan fingerprint density at radius 2 is 1.90 bits per heavy atom.